The summed E-state index contributed by atoms with van der Waals surface area (Å²) >= 11 is 0. The molecule has 0 amide bonds. The molecule has 0 saturated carbocycles. The van der Waals surface area contributed by atoms with Crippen molar-refractivity contribution in [1.29, 1.82) is 0 Å². The molecule has 0 aromatic heterocycles. The Kier molecular flexibility index (Phi) is 5.85. The third-order valence-corrected chi connectivity index (χ3v) is 2.23. The number of aliphatic hydroxyl groups is 1. The van der Waals surface area contributed by atoms with Gasteiger partial charge in [0.05, 0.1) is 19.8 Å². The van der Waals surface area contributed by atoms with E-state index in [-0.39, 0.29) is 13.4 Å². The van der Waals surface area contributed by atoms with Crippen molar-refractivity contribution in [2.75, 3.05) is 27.1 Å². The number of aliphatic hydroxyl groups excluding tert-OH is 1. The standard InChI is InChI=1S/C12H18O4/c1-10-3-4-12(7-11(10)8-13)16-9-15-6-5-14-2/h3-4,7,13H,5-6,8-9H2,1-2H3. The minimum atomic E-state index is 0.0214. The van der Waals surface area contributed by atoms with Crippen LogP contribution in [0.2, 0.25) is 0 Å². The monoisotopic (exact) mass is 226 g/mol. The first kappa shape index (κ1) is 13.0. The number of methoxy groups -OCH3 is 1. The Labute approximate surface area is 95.8 Å². The van der Waals surface area contributed by atoms with Crippen LogP contribution in [0.3, 0.4) is 0 Å². The van der Waals surface area contributed by atoms with Crippen molar-refractivity contribution < 1.29 is 19.3 Å². The van der Waals surface area contributed by atoms with E-state index in [0.717, 1.165) is 11.1 Å². The Hall–Kier alpha value is -1.10. The van der Waals surface area contributed by atoms with Crippen molar-refractivity contribution in [3.05, 3.63) is 29.3 Å². The predicted octanol–water partition coefficient (Wildman–Crippen LogP) is 1.49. The first-order valence-corrected chi connectivity index (χ1v) is 5.17. The molecule has 16 heavy (non-hydrogen) atoms. The molecule has 1 aromatic carbocycles. The molecule has 0 aliphatic carbocycles. The summed E-state index contributed by atoms with van der Waals surface area (Å²) < 4.78 is 15.4. The molecule has 4 nitrogen and oxygen atoms in total. The van der Waals surface area contributed by atoms with Crippen LogP contribution in [0.4, 0.5) is 0 Å². The molecule has 0 fully saturated rings. The molecule has 0 spiro atoms. The Balaban J connectivity index is 2.36. The van der Waals surface area contributed by atoms with E-state index in [1.165, 1.54) is 0 Å². The molecule has 4 heteroatoms. The van der Waals surface area contributed by atoms with Gasteiger partial charge in [-0.05, 0) is 30.2 Å². The molecule has 0 saturated heterocycles. The van der Waals surface area contributed by atoms with Crippen molar-refractivity contribution in [3.63, 3.8) is 0 Å². The SMILES string of the molecule is COCCOCOc1ccc(C)c(CO)c1. The van der Waals surface area contributed by atoms with Crippen molar-refractivity contribution in [2.45, 2.75) is 13.5 Å². The van der Waals surface area contributed by atoms with E-state index >= 15 is 0 Å². The van der Waals surface area contributed by atoms with Crippen LogP contribution in [-0.4, -0.2) is 32.2 Å². The second-order valence-electron chi connectivity index (χ2n) is 3.41. The average Bonchev–Trinajstić information content (AvgIpc) is 2.31. The van der Waals surface area contributed by atoms with Crippen LogP contribution in [0, 0.1) is 6.92 Å². The molecule has 0 atom stereocenters. The van der Waals surface area contributed by atoms with Gasteiger partial charge < -0.3 is 19.3 Å². The molecule has 1 rings (SSSR count). The molecular weight excluding hydrogens is 208 g/mol. The van der Waals surface area contributed by atoms with E-state index in [1.54, 1.807) is 7.11 Å². The van der Waals surface area contributed by atoms with Crippen molar-refractivity contribution in [1.82, 2.24) is 0 Å². The fourth-order valence-electron chi connectivity index (χ4n) is 1.22. The first-order valence-electron chi connectivity index (χ1n) is 5.17. The van der Waals surface area contributed by atoms with E-state index in [1.807, 2.05) is 25.1 Å². The topological polar surface area (TPSA) is 47.9 Å². The highest BCUT2D eigenvalue weighted by Crippen LogP contribution is 2.17. The summed E-state index contributed by atoms with van der Waals surface area (Å²) in [5.74, 6) is 0.701. The van der Waals surface area contributed by atoms with Gasteiger partial charge in [-0.2, -0.15) is 0 Å². The first-order chi connectivity index (χ1) is 7.77. The third kappa shape index (κ3) is 4.18. The van der Waals surface area contributed by atoms with E-state index in [2.05, 4.69) is 0 Å². The van der Waals surface area contributed by atoms with Gasteiger partial charge in [-0.15, -0.1) is 0 Å². The van der Waals surface area contributed by atoms with Crippen LogP contribution in [0.1, 0.15) is 11.1 Å². The lowest BCUT2D eigenvalue weighted by molar-refractivity contribution is -0.00853. The highest BCUT2D eigenvalue weighted by molar-refractivity contribution is 5.34. The molecule has 0 radical (unpaired) electrons. The molecular formula is C12H18O4. The Morgan fingerprint density at radius 2 is 2.06 bits per heavy atom. The molecule has 90 valence electrons. The second-order valence-corrected chi connectivity index (χ2v) is 3.41. The second kappa shape index (κ2) is 7.22. The van der Waals surface area contributed by atoms with Gasteiger partial charge in [0.25, 0.3) is 0 Å². The molecule has 0 bridgehead atoms. The van der Waals surface area contributed by atoms with Gasteiger partial charge in [0.1, 0.15) is 5.75 Å². The summed E-state index contributed by atoms with van der Waals surface area (Å²) in [4.78, 5) is 0. The zero-order chi connectivity index (χ0) is 11.8. The van der Waals surface area contributed by atoms with Crippen molar-refractivity contribution >= 4 is 0 Å². The summed E-state index contributed by atoms with van der Waals surface area (Å²) in [7, 11) is 1.62. The number of benzene rings is 1. The average molecular weight is 226 g/mol. The number of rotatable bonds is 7. The van der Waals surface area contributed by atoms with Gasteiger partial charge in [-0.1, -0.05) is 6.07 Å². The summed E-state index contributed by atoms with van der Waals surface area (Å²) in [5, 5.41) is 9.08. The summed E-state index contributed by atoms with van der Waals surface area (Å²) in [6.07, 6.45) is 0. The van der Waals surface area contributed by atoms with Crippen LogP contribution in [-0.2, 0) is 16.1 Å². The fourth-order valence-corrected chi connectivity index (χ4v) is 1.22. The summed E-state index contributed by atoms with van der Waals surface area (Å²) in [5.41, 5.74) is 1.92. The minimum Gasteiger partial charge on any atom is -0.468 e. The largest absolute Gasteiger partial charge is 0.468 e. The zero-order valence-electron chi connectivity index (χ0n) is 9.73. The minimum absolute atomic E-state index is 0.0214. The van der Waals surface area contributed by atoms with Crippen molar-refractivity contribution in [3.8, 4) is 5.75 Å². The van der Waals surface area contributed by atoms with Gasteiger partial charge in [0, 0.05) is 7.11 Å². The maximum absolute atomic E-state index is 9.08. The zero-order valence-corrected chi connectivity index (χ0v) is 9.73. The van der Waals surface area contributed by atoms with Gasteiger partial charge in [-0.25, -0.2) is 0 Å². The molecule has 0 aliphatic rings. The number of hydrogen-bond acceptors (Lipinski definition) is 4. The van der Waals surface area contributed by atoms with Crippen LogP contribution in [0.5, 0.6) is 5.75 Å². The number of ether oxygens (including phenoxy) is 3. The lowest BCUT2D eigenvalue weighted by Gasteiger charge is -2.09. The Morgan fingerprint density at radius 3 is 2.75 bits per heavy atom. The van der Waals surface area contributed by atoms with E-state index in [4.69, 9.17) is 19.3 Å². The van der Waals surface area contributed by atoms with Gasteiger partial charge in [-0.3, -0.25) is 0 Å². The molecule has 0 heterocycles. The van der Waals surface area contributed by atoms with Gasteiger partial charge >= 0.3 is 0 Å². The number of hydrogen-bond donors (Lipinski definition) is 1. The maximum Gasteiger partial charge on any atom is 0.189 e. The summed E-state index contributed by atoms with van der Waals surface area (Å²) in [6.45, 7) is 3.23. The summed E-state index contributed by atoms with van der Waals surface area (Å²) in [6, 6.07) is 5.58. The normalized spacial score (nSPS) is 10.4. The third-order valence-electron chi connectivity index (χ3n) is 2.23. The Morgan fingerprint density at radius 1 is 1.25 bits per heavy atom. The molecule has 1 aromatic rings. The maximum atomic E-state index is 9.08. The Bertz CT molecular complexity index is 312. The van der Waals surface area contributed by atoms with Crippen LogP contribution in [0.15, 0.2) is 18.2 Å². The van der Waals surface area contributed by atoms with Gasteiger partial charge in [0.15, 0.2) is 6.79 Å². The smallest absolute Gasteiger partial charge is 0.189 e. The van der Waals surface area contributed by atoms with Crippen molar-refractivity contribution in [2.24, 2.45) is 0 Å². The van der Waals surface area contributed by atoms with E-state index < -0.39 is 0 Å². The lowest BCUT2D eigenvalue weighted by atomic mass is 10.1. The lowest BCUT2D eigenvalue weighted by Crippen LogP contribution is -2.08. The van der Waals surface area contributed by atoms with E-state index in [9.17, 15) is 0 Å². The van der Waals surface area contributed by atoms with Gasteiger partial charge in [0.2, 0.25) is 0 Å². The molecule has 1 N–H and O–H groups in total. The highest BCUT2D eigenvalue weighted by Gasteiger charge is 2.00. The molecule has 0 unspecified atom stereocenters. The number of aryl methyl sites for hydroxylation is 1. The quantitative estimate of drug-likeness (QED) is 0.565. The fraction of sp³-hybridized carbons (Fsp3) is 0.500. The molecule has 0 aliphatic heterocycles. The predicted molar refractivity (Wildman–Crippen MR) is 60.4 cm³/mol. The van der Waals surface area contributed by atoms with Crippen LogP contribution in [0.25, 0.3) is 0 Å². The van der Waals surface area contributed by atoms with Crippen LogP contribution >= 0.6 is 0 Å². The highest BCUT2D eigenvalue weighted by atomic mass is 16.7. The van der Waals surface area contributed by atoms with Crippen LogP contribution < -0.4 is 4.74 Å². The van der Waals surface area contributed by atoms with E-state index in [0.29, 0.717) is 19.0 Å².